The van der Waals surface area contributed by atoms with Crippen LogP contribution in [0.2, 0.25) is 5.02 Å². The number of benzene rings is 2. The Morgan fingerprint density at radius 3 is 2.45 bits per heavy atom. The van der Waals surface area contributed by atoms with E-state index in [0.29, 0.717) is 28.8 Å². The number of amides is 2. The second kappa shape index (κ2) is 10.8. The molecule has 0 saturated carbocycles. The van der Waals surface area contributed by atoms with E-state index in [0.717, 1.165) is 35.7 Å². The Bertz CT molecular complexity index is 1110. The van der Waals surface area contributed by atoms with E-state index in [1.54, 1.807) is 36.4 Å². The molecule has 1 aliphatic rings. The van der Waals surface area contributed by atoms with E-state index in [1.165, 1.54) is 11.3 Å². The maximum absolute atomic E-state index is 12.5. The zero-order valence-electron chi connectivity index (χ0n) is 18.3. The summed E-state index contributed by atoms with van der Waals surface area (Å²) in [6, 6.07) is 18.4. The second-order valence-electron chi connectivity index (χ2n) is 8.04. The fraction of sp³-hybridized carbons (Fsp3) is 0.280. The molecule has 1 aliphatic heterocycles. The van der Waals surface area contributed by atoms with Crippen LogP contribution in [0, 0.1) is 6.92 Å². The number of rotatable bonds is 7. The summed E-state index contributed by atoms with van der Waals surface area (Å²) in [5, 5.41) is 6.58. The lowest BCUT2D eigenvalue weighted by atomic mass is 10.0. The highest BCUT2D eigenvalue weighted by atomic mass is 35.5. The molecule has 2 aromatic carbocycles. The molecule has 4 rings (SSSR count). The minimum atomic E-state index is -0.0636. The average Bonchev–Trinajstić information content (AvgIpc) is 3.24. The first-order valence-corrected chi connectivity index (χ1v) is 12.1. The molecule has 8 heteroatoms. The van der Waals surface area contributed by atoms with Crippen molar-refractivity contribution in [3.05, 3.63) is 75.4 Å². The molecule has 172 valence electrons. The molecule has 2 heterocycles. The lowest BCUT2D eigenvalue weighted by Gasteiger charge is -2.31. The smallest absolute Gasteiger partial charge is 0.261 e. The van der Waals surface area contributed by atoms with E-state index in [9.17, 15) is 9.59 Å². The van der Waals surface area contributed by atoms with E-state index in [2.05, 4.69) is 15.5 Å². The Kier molecular flexibility index (Phi) is 7.65. The van der Waals surface area contributed by atoms with Gasteiger partial charge in [0.2, 0.25) is 5.91 Å². The number of ether oxygens (including phenoxy) is 1. The van der Waals surface area contributed by atoms with Crippen LogP contribution < -0.4 is 15.4 Å². The molecule has 1 aromatic heterocycles. The number of carbonyl (C=O) groups is 2. The number of piperidine rings is 1. The number of likely N-dealkylation sites (tertiary alicyclic amines) is 1. The Labute approximate surface area is 202 Å². The van der Waals surface area contributed by atoms with Gasteiger partial charge < -0.3 is 15.4 Å². The van der Waals surface area contributed by atoms with Crippen LogP contribution in [0.3, 0.4) is 0 Å². The van der Waals surface area contributed by atoms with Gasteiger partial charge in [-0.2, -0.15) is 0 Å². The zero-order chi connectivity index (χ0) is 23.2. The molecular weight excluding hydrogens is 458 g/mol. The highest BCUT2D eigenvalue weighted by Crippen LogP contribution is 2.29. The molecule has 0 atom stereocenters. The molecular formula is C25H26ClN3O3S. The number of para-hydroxylation sites is 1. The Hall–Kier alpha value is -2.87. The largest absolute Gasteiger partial charge is 0.456 e. The van der Waals surface area contributed by atoms with Crippen molar-refractivity contribution in [3.8, 4) is 11.5 Å². The number of aryl methyl sites for hydroxylation is 1. The van der Waals surface area contributed by atoms with Crippen molar-refractivity contribution >= 4 is 40.4 Å². The summed E-state index contributed by atoms with van der Waals surface area (Å²) in [5.41, 5.74) is 0.708. The molecule has 0 bridgehead atoms. The molecule has 1 saturated heterocycles. The number of anilines is 1. The maximum Gasteiger partial charge on any atom is 0.261 e. The van der Waals surface area contributed by atoms with Gasteiger partial charge in [-0.25, -0.2) is 0 Å². The molecule has 0 spiro atoms. The molecule has 2 N–H and O–H groups in total. The second-order valence-corrected chi connectivity index (χ2v) is 9.73. The van der Waals surface area contributed by atoms with E-state index in [1.807, 2.05) is 31.2 Å². The van der Waals surface area contributed by atoms with Crippen LogP contribution in [0.1, 0.15) is 27.4 Å². The van der Waals surface area contributed by atoms with Gasteiger partial charge in [0.15, 0.2) is 0 Å². The van der Waals surface area contributed by atoms with Gasteiger partial charge in [0, 0.05) is 29.7 Å². The first-order chi connectivity index (χ1) is 16.0. The molecule has 0 unspecified atom stereocenters. The van der Waals surface area contributed by atoms with Gasteiger partial charge in [-0.3, -0.25) is 14.5 Å². The van der Waals surface area contributed by atoms with Crippen molar-refractivity contribution < 1.29 is 14.3 Å². The molecule has 2 amide bonds. The topological polar surface area (TPSA) is 70.7 Å². The quantitative estimate of drug-likeness (QED) is 0.476. The third kappa shape index (κ3) is 6.57. The summed E-state index contributed by atoms with van der Waals surface area (Å²) in [4.78, 5) is 28.8. The summed E-state index contributed by atoms with van der Waals surface area (Å²) >= 11 is 7.63. The fourth-order valence-electron chi connectivity index (χ4n) is 3.71. The fourth-order valence-corrected chi connectivity index (χ4v) is 4.66. The van der Waals surface area contributed by atoms with Crippen molar-refractivity contribution in [3.63, 3.8) is 0 Å². The van der Waals surface area contributed by atoms with Crippen LogP contribution in [0.4, 0.5) is 5.69 Å². The summed E-state index contributed by atoms with van der Waals surface area (Å²) < 4.78 is 5.78. The minimum Gasteiger partial charge on any atom is -0.456 e. The molecule has 33 heavy (non-hydrogen) atoms. The van der Waals surface area contributed by atoms with Crippen molar-refractivity contribution in [2.45, 2.75) is 25.8 Å². The first-order valence-electron chi connectivity index (χ1n) is 10.9. The number of hydrogen-bond acceptors (Lipinski definition) is 5. The van der Waals surface area contributed by atoms with Gasteiger partial charge in [0.05, 0.1) is 16.4 Å². The van der Waals surface area contributed by atoms with Crippen LogP contribution in [-0.2, 0) is 4.79 Å². The normalized spacial score (nSPS) is 14.6. The van der Waals surface area contributed by atoms with E-state index in [-0.39, 0.29) is 17.9 Å². The van der Waals surface area contributed by atoms with Crippen LogP contribution in [0.25, 0.3) is 0 Å². The first kappa shape index (κ1) is 23.3. The van der Waals surface area contributed by atoms with Crippen molar-refractivity contribution in [2.24, 2.45) is 0 Å². The zero-order valence-corrected chi connectivity index (χ0v) is 19.9. The minimum absolute atomic E-state index is 0.00810. The molecule has 3 aromatic rings. The molecule has 0 aliphatic carbocycles. The predicted octanol–water partition coefficient (Wildman–Crippen LogP) is 5.34. The Morgan fingerprint density at radius 2 is 1.79 bits per heavy atom. The molecule has 1 fully saturated rings. The number of carbonyl (C=O) groups excluding carboxylic acids is 2. The third-order valence-corrected chi connectivity index (χ3v) is 6.77. The number of halogens is 1. The molecule has 6 nitrogen and oxygen atoms in total. The Balaban J connectivity index is 1.20. The average molecular weight is 484 g/mol. The highest BCUT2D eigenvalue weighted by molar-refractivity contribution is 7.13. The van der Waals surface area contributed by atoms with Gasteiger partial charge in [0.25, 0.3) is 5.91 Å². The third-order valence-electron chi connectivity index (χ3n) is 5.46. The molecule has 0 radical (unpaired) electrons. The van der Waals surface area contributed by atoms with E-state index < -0.39 is 0 Å². The number of thiophene rings is 1. The van der Waals surface area contributed by atoms with Gasteiger partial charge in [-0.1, -0.05) is 23.7 Å². The number of nitrogens with zero attached hydrogens (tertiary/aromatic N) is 1. The van der Waals surface area contributed by atoms with E-state index in [4.69, 9.17) is 16.3 Å². The standard InChI is InChI=1S/C25H26ClN3O3S/c1-17-6-11-23(33-17)25(31)28-19-12-14-29(15-13-19)16-24(30)27-18-7-9-20(10-8-18)32-22-5-3-2-4-21(22)26/h2-11,19H,12-16H2,1H3,(H,27,30)(H,28,31). The van der Waals surface area contributed by atoms with Gasteiger partial charge >= 0.3 is 0 Å². The van der Waals surface area contributed by atoms with Gasteiger partial charge in [-0.05, 0) is 68.3 Å². The van der Waals surface area contributed by atoms with Crippen molar-refractivity contribution in [1.29, 1.82) is 0 Å². The number of nitrogens with one attached hydrogen (secondary N) is 2. The lowest BCUT2D eigenvalue weighted by molar-refractivity contribution is -0.117. The lowest BCUT2D eigenvalue weighted by Crippen LogP contribution is -2.46. The Morgan fingerprint density at radius 1 is 1.06 bits per heavy atom. The SMILES string of the molecule is Cc1ccc(C(=O)NC2CCN(CC(=O)Nc3ccc(Oc4ccccc4Cl)cc3)CC2)s1. The predicted molar refractivity (Wildman–Crippen MR) is 133 cm³/mol. The van der Waals surface area contributed by atoms with Crippen LogP contribution in [0.5, 0.6) is 11.5 Å². The highest BCUT2D eigenvalue weighted by Gasteiger charge is 2.23. The van der Waals surface area contributed by atoms with Crippen LogP contribution in [-0.4, -0.2) is 42.4 Å². The summed E-state index contributed by atoms with van der Waals surface area (Å²) in [6.45, 7) is 3.86. The van der Waals surface area contributed by atoms with Gasteiger partial charge in [0.1, 0.15) is 11.5 Å². The van der Waals surface area contributed by atoms with Crippen molar-refractivity contribution in [2.75, 3.05) is 25.0 Å². The monoisotopic (exact) mass is 483 g/mol. The van der Waals surface area contributed by atoms with Gasteiger partial charge in [-0.15, -0.1) is 11.3 Å². The van der Waals surface area contributed by atoms with Crippen LogP contribution >= 0.6 is 22.9 Å². The summed E-state index contributed by atoms with van der Waals surface area (Å²) in [7, 11) is 0. The van der Waals surface area contributed by atoms with E-state index >= 15 is 0 Å². The van der Waals surface area contributed by atoms with Crippen LogP contribution in [0.15, 0.2) is 60.7 Å². The number of hydrogen-bond donors (Lipinski definition) is 2. The van der Waals surface area contributed by atoms with Crippen molar-refractivity contribution in [1.82, 2.24) is 10.2 Å². The summed E-state index contributed by atoms with van der Waals surface area (Å²) in [5.74, 6) is 1.15. The summed E-state index contributed by atoms with van der Waals surface area (Å²) in [6.07, 6.45) is 1.66. The maximum atomic E-state index is 12.5.